The maximum absolute atomic E-state index is 4.67. The lowest BCUT2D eigenvalue weighted by Crippen LogP contribution is -2.49. The Hall–Kier alpha value is -1.01. The molecule has 0 bridgehead atoms. The molecule has 1 aliphatic heterocycles. The molecular weight excluding hydrogens is 282 g/mol. The number of aromatic nitrogens is 2. The highest BCUT2D eigenvalue weighted by Gasteiger charge is 2.20. The molecule has 0 amide bonds. The summed E-state index contributed by atoms with van der Waals surface area (Å²) in [5.41, 5.74) is 0. The van der Waals surface area contributed by atoms with Gasteiger partial charge >= 0.3 is 0 Å². The van der Waals surface area contributed by atoms with Crippen molar-refractivity contribution in [1.29, 1.82) is 0 Å². The van der Waals surface area contributed by atoms with Gasteiger partial charge in [0.15, 0.2) is 5.16 Å². The summed E-state index contributed by atoms with van der Waals surface area (Å²) in [5.74, 6) is 1.99. The standard InChI is InChI=1S/C15H27N5S/c1-5-6-16-13-11-14(18-15(17-13)21-4)20-9-7-19(8-10-20)12(2)3/h11-12H,5-10H2,1-4H3,(H,16,17,18). The predicted molar refractivity (Wildman–Crippen MR) is 91.5 cm³/mol. The summed E-state index contributed by atoms with van der Waals surface area (Å²) in [6.45, 7) is 11.9. The number of piperazine rings is 1. The highest BCUT2D eigenvalue weighted by atomic mass is 32.2. The molecule has 1 N–H and O–H groups in total. The van der Waals surface area contributed by atoms with Gasteiger partial charge in [-0.1, -0.05) is 18.7 Å². The lowest BCUT2D eigenvalue weighted by atomic mass is 10.2. The number of anilines is 2. The molecule has 0 unspecified atom stereocenters. The fraction of sp³-hybridized carbons (Fsp3) is 0.733. The molecule has 0 aliphatic carbocycles. The normalized spacial score (nSPS) is 16.5. The number of hydrogen-bond acceptors (Lipinski definition) is 6. The van der Waals surface area contributed by atoms with Crippen molar-refractivity contribution in [3.63, 3.8) is 0 Å². The van der Waals surface area contributed by atoms with Gasteiger partial charge in [-0.3, -0.25) is 4.90 Å². The highest BCUT2D eigenvalue weighted by molar-refractivity contribution is 7.98. The second-order valence-electron chi connectivity index (χ2n) is 5.64. The molecule has 2 heterocycles. The number of thioether (sulfide) groups is 1. The molecule has 1 aromatic rings. The zero-order chi connectivity index (χ0) is 15.2. The van der Waals surface area contributed by atoms with Crippen molar-refractivity contribution in [3.05, 3.63) is 6.07 Å². The van der Waals surface area contributed by atoms with Crippen LogP contribution in [0.3, 0.4) is 0 Å². The molecule has 118 valence electrons. The second-order valence-corrected chi connectivity index (χ2v) is 6.42. The fourth-order valence-corrected chi connectivity index (χ4v) is 2.85. The van der Waals surface area contributed by atoms with Crippen LogP contribution in [0, 0.1) is 0 Å². The van der Waals surface area contributed by atoms with Gasteiger partial charge in [0.2, 0.25) is 0 Å². The first-order chi connectivity index (χ1) is 10.1. The van der Waals surface area contributed by atoms with Crippen LogP contribution in [0.5, 0.6) is 0 Å². The smallest absolute Gasteiger partial charge is 0.191 e. The topological polar surface area (TPSA) is 44.3 Å². The number of nitrogens with one attached hydrogen (secondary N) is 1. The van der Waals surface area contributed by atoms with Crippen LogP contribution in [0.4, 0.5) is 11.6 Å². The third-order valence-electron chi connectivity index (χ3n) is 3.80. The third kappa shape index (κ3) is 4.48. The zero-order valence-corrected chi connectivity index (χ0v) is 14.4. The van der Waals surface area contributed by atoms with E-state index in [0.29, 0.717) is 6.04 Å². The molecular formula is C15H27N5S. The Morgan fingerprint density at radius 3 is 2.52 bits per heavy atom. The largest absolute Gasteiger partial charge is 0.370 e. The molecule has 2 rings (SSSR count). The first kappa shape index (κ1) is 16.4. The Morgan fingerprint density at radius 2 is 1.95 bits per heavy atom. The van der Waals surface area contributed by atoms with E-state index in [1.54, 1.807) is 11.8 Å². The first-order valence-electron chi connectivity index (χ1n) is 7.80. The average molecular weight is 309 g/mol. The van der Waals surface area contributed by atoms with Crippen LogP contribution >= 0.6 is 11.8 Å². The van der Waals surface area contributed by atoms with Gasteiger partial charge in [0.25, 0.3) is 0 Å². The zero-order valence-electron chi connectivity index (χ0n) is 13.6. The van der Waals surface area contributed by atoms with E-state index in [1.807, 2.05) is 6.26 Å². The van der Waals surface area contributed by atoms with Gasteiger partial charge in [-0.2, -0.15) is 0 Å². The van der Waals surface area contributed by atoms with E-state index in [-0.39, 0.29) is 0 Å². The minimum Gasteiger partial charge on any atom is -0.370 e. The van der Waals surface area contributed by atoms with Gasteiger partial charge in [0.05, 0.1) is 0 Å². The summed E-state index contributed by atoms with van der Waals surface area (Å²) in [6.07, 6.45) is 3.13. The summed E-state index contributed by atoms with van der Waals surface area (Å²) >= 11 is 1.60. The molecule has 0 saturated carbocycles. The monoisotopic (exact) mass is 309 g/mol. The van der Waals surface area contributed by atoms with Crippen LogP contribution in [-0.4, -0.2) is 59.9 Å². The first-order valence-corrected chi connectivity index (χ1v) is 9.02. The van der Waals surface area contributed by atoms with Gasteiger partial charge in [-0.05, 0) is 26.5 Å². The lowest BCUT2D eigenvalue weighted by Gasteiger charge is -2.37. The SMILES string of the molecule is CCCNc1cc(N2CCN(C(C)C)CC2)nc(SC)n1. The molecule has 1 fully saturated rings. The average Bonchev–Trinajstić information content (AvgIpc) is 2.52. The molecule has 21 heavy (non-hydrogen) atoms. The van der Waals surface area contributed by atoms with Crippen molar-refractivity contribution in [2.24, 2.45) is 0 Å². The second kappa shape index (κ2) is 7.84. The Balaban J connectivity index is 2.08. The van der Waals surface area contributed by atoms with Gasteiger partial charge in [-0.25, -0.2) is 9.97 Å². The van der Waals surface area contributed by atoms with Crippen molar-refractivity contribution < 1.29 is 0 Å². The van der Waals surface area contributed by atoms with E-state index in [0.717, 1.165) is 55.9 Å². The Kier molecular flexibility index (Phi) is 6.11. The van der Waals surface area contributed by atoms with Crippen LogP contribution in [0.2, 0.25) is 0 Å². The number of hydrogen-bond donors (Lipinski definition) is 1. The molecule has 0 spiro atoms. The van der Waals surface area contributed by atoms with Gasteiger partial charge in [0.1, 0.15) is 11.6 Å². The van der Waals surface area contributed by atoms with E-state index in [2.05, 4.69) is 51.9 Å². The van der Waals surface area contributed by atoms with Crippen molar-refractivity contribution in [2.45, 2.75) is 38.4 Å². The number of rotatable bonds is 6. The summed E-state index contributed by atoms with van der Waals surface area (Å²) in [5, 5.41) is 4.22. The van der Waals surface area contributed by atoms with Crippen molar-refractivity contribution >= 4 is 23.4 Å². The summed E-state index contributed by atoms with van der Waals surface area (Å²) in [4.78, 5) is 14.1. The van der Waals surface area contributed by atoms with Gasteiger partial charge in [0, 0.05) is 44.8 Å². The molecule has 6 heteroatoms. The molecule has 5 nitrogen and oxygen atoms in total. The van der Waals surface area contributed by atoms with Crippen LogP contribution in [-0.2, 0) is 0 Å². The van der Waals surface area contributed by atoms with E-state index in [4.69, 9.17) is 0 Å². The molecule has 1 aromatic heterocycles. The minimum atomic E-state index is 0.626. The highest BCUT2D eigenvalue weighted by Crippen LogP contribution is 2.22. The Morgan fingerprint density at radius 1 is 1.24 bits per heavy atom. The third-order valence-corrected chi connectivity index (χ3v) is 4.35. The quantitative estimate of drug-likeness (QED) is 0.643. The lowest BCUT2D eigenvalue weighted by molar-refractivity contribution is 0.209. The Labute approximate surface area is 132 Å². The van der Waals surface area contributed by atoms with Crippen molar-refractivity contribution in [2.75, 3.05) is 49.2 Å². The summed E-state index contributed by atoms with van der Waals surface area (Å²) in [7, 11) is 0. The fourth-order valence-electron chi connectivity index (χ4n) is 2.48. The minimum absolute atomic E-state index is 0.626. The number of nitrogens with zero attached hydrogens (tertiary/aromatic N) is 4. The van der Waals surface area contributed by atoms with Crippen LogP contribution in [0.15, 0.2) is 11.2 Å². The van der Waals surface area contributed by atoms with Crippen molar-refractivity contribution in [3.8, 4) is 0 Å². The van der Waals surface area contributed by atoms with E-state index < -0.39 is 0 Å². The molecule has 0 radical (unpaired) electrons. The van der Waals surface area contributed by atoms with Crippen LogP contribution < -0.4 is 10.2 Å². The molecule has 0 atom stereocenters. The van der Waals surface area contributed by atoms with Crippen LogP contribution in [0.1, 0.15) is 27.2 Å². The van der Waals surface area contributed by atoms with E-state index >= 15 is 0 Å². The summed E-state index contributed by atoms with van der Waals surface area (Å²) < 4.78 is 0. The maximum Gasteiger partial charge on any atom is 0.191 e. The van der Waals surface area contributed by atoms with Crippen LogP contribution in [0.25, 0.3) is 0 Å². The summed E-state index contributed by atoms with van der Waals surface area (Å²) in [6, 6.07) is 2.71. The Bertz CT molecular complexity index is 444. The van der Waals surface area contributed by atoms with Gasteiger partial charge < -0.3 is 10.2 Å². The molecule has 0 aromatic carbocycles. The van der Waals surface area contributed by atoms with Crippen molar-refractivity contribution in [1.82, 2.24) is 14.9 Å². The maximum atomic E-state index is 4.67. The van der Waals surface area contributed by atoms with Gasteiger partial charge in [-0.15, -0.1) is 0 Å². The molecule has 1 aliphatic rings. The molecule has 1 saturated heterocycles. The predicted octanol–water partition coefficient (Wildman–Crippen LogP) is 2.55. The van der Waals surface area contributed by atoms with E-state index in [9.17, 15) is 0 Å². The van der Waals surface area contributed by atoms with E-state index in [1.165, 1.54) is 0 Å².